The van der Waals surface area contributed by atoms with Crippen LogP contribution in [0, 0.1) is 12.3 Å². The summed E-state index contributed by atoms with van der Waals surface area (Å²) >= 11 is 0. The third-order valence-corrected chi connectivity index (χ3v) is 11.4. The van der Waals surface area contributed by atoms with Crippen molar-refractivity contribution in [1.29, 1.82) is 0 Å². The van der Waals surface area contributed by atoms with Crippen LogP contribution in [0.15, 0.2) is 30.6 Å². The lowest BCUT2D eigenvalue weighted by Gasteiger charge is -2.37. The number of amides is 3. The number of aryl methyl sites for hydroxylation is 1. The largest absolute Gasteiger partial charge is 0.497 e. The maximum absolute atomic E-state index is 13.6. The second-order valence-corrected chi connectivity index (χ2v) is 16.5. The van der Waals surface area contributed by atoms with Crippen molar-refractivity contribution in [2.75, 3.05) is 190 Å². The summed E-state index contributed by atoms with van der Waals surface area (Å²) in [5, 5.41) is 11.3. The molecule has 0 radical (unpaired) electrons. The van der Waals surface area contributed by atoms with Gasteiger partial charge in [-0.05, 0) is 43.0 Å². The van der Waals surface area contributed by atoms with Gasteiger partial charge in [0.15, 0.2) is 0 Å². The standard InChI is InChI=1S/C49H77N5O18/c1-40-3-4-43(60-2)35-41(40)39-54-44(55)36-49(47(54)59)6-9-53(10-7-49)48-51-37-42(38-52-48)46(58)50-8-12-62-14-16-64-18-20-66-22-24-68-26-28-70-30-32-72-34-33-71-31-29-69-27-25-67-23-21-65-19-17-63-15-13-61-11-5-45(56)57/h3-4,35,37-38H,5-34,36,39H2,1-2H3,(H,50,58)(H,56,57). The first kappa shape index (κ1) is 60.1. The molecule has 2 aromatic rings. The molecule has 2 N–H and O–H groups in total. The van der Waals surface area contributed by atoms with E-state index in [2.05, 4.69) is 15.3 Å². The highest BCUT2D eigenvalue weighted by Crippen LogP contribution is 2.43. The summed E-state index contributed by atoms with van der Waals surface area (Å²) in [4.78, 5) is 61.9. The summed E-state index contributed by atoms with van der Waals surface area (Å²) in [7, 11) is 1.59. The lowest BCUT2D eigenvalue weighted by atomic mass is 9.77. The highest BCUT2D eigenvalue weighted by molar-refractivity contribution is 6.06. The molecule has 2 saturated heterocycles. The van der Waals surface area contributed by atoms with E-state index in [1.165, 1.54) is 17.3 Å². The zero-order valence-electron chi connectivity index (χ0n) is 42.2. The summed E-state index contributed by atoms with van der Waals surface area (Å²) in [5.41, 5.74) is 1.48. The van der Waals surface area contributed by atoms with Gasteiger partial charge in [-0.1, -0.05) is 6.07 Å². The number of rotatable bonds is 44. The number of methoxy groups -OCH3 is 1. The van der Waals surface area contributed by atoms with Crippen LogP contribution in [0.25, 0.3) is 0 Å². The molecule has 1 aromatic heterocycles. The van der Waals surface area contributed by atoms with Crippen LogP contribution in [0.2, 0.25) is 0 Å². The van der Waals surface area contributed by atoms with E-state index in [1.807, 2.05) is 30.0 Å². The monoisotopic (exact) mass is 1020 g/mol. The Morgan fingerprint density at radius 1 is 0.611 bits per heavy atom. The topological polar surface area (TPSA) is 253 Å². The second-order valence-electron chi connectivity index (χ2n) is 16.5. The molecule has 406 valence electrons. The molecule has 3 amide bonds. The summed E-state index contributed by atoms with van der Waals surface area (Å²) < 4.78 is 70.7. The number of nitrogens with zero attached hydrogens (tertiary/aromatic N) is 4. The fraction of sp³-hybridized carbons (Fsp3) is 0.714. The molecule has 2 fully saturated rings. The Hall–Kier alpha value is -4.50. The van der Waals surface area contributed by atoms with Crippen molar-refractivity contribution < 1.29 is 85.9 Å². The summed E-state index contributed by atoms with van der Waals surface area (Å²) in [6.07, 6.45) is 4.18. The van der Waals surface area contributed by atoms with Gasteiger partial charge in [0.05, 0.1) is 190 Å². The fourth-order valence-corrected chi connectivity index (χ4v) is 7.28. The Labute approximate surface area is 422 Å². The lowest BCUT2D eigenvalue weighted by molar-refractivity contribution is -0.143. The molecule has 1 spiro atoms. The maximum Gasteiger partial charge on any atom is 0.305 e. The van der Waals surface area contributed by atoms with Gasteiger partial charge in [-0.3, -0.25) is 24.1 Å². The SMILES string of the molecule is COc1ccc(C)c(CN2C(=O)CC3(CCN(c4ncc(C(=O)NCCOCCOCCOCCOCCOCCOCCOCCOCCOCCOCCOCCOCCC(=O)O)cn4)CC3)C2=O)c1. The Morgan fingerprint density at radius 3 is 1.42 bits per heavy atom. The van der Waals surface area contributed by atoms with Crippen molar-refractivity contribution in [2.45, 2.75) is 39.2 Å². The number of aromatic nitrogens is 2. The van der Waals surface area contributed by atoms with E-state index < -0.39 is 11.4 Å². The number of anilines is 1. The van der Waals surface area contributed by atoms with Crippen molar-refractivity contribution in [1.82, 2.24) is 20.2 Å². The number of carboxylic acids is 1. The van der Waals surface area contributed by atoms with Gasteiger partial charge >= 0.3 is 5.97 Å². The molecular formula is C49H77N5O18. The van der Waals surface area contributed by atoms with Crippen LogP contribution >= 0.6 is 0 Å². The van der Waals surface area contributed by atoms with Gasteiger partial charge in [-0.2, -0.15) is 0 Å². The Bertz CT molecular complexity index is 1810. The van der Waals surface area contributed by atoms with E-state index in [4.69, 9.17) is 66.7 Å². The van der Waals surface area contributed by atoms with Crippen LogP contribution < -0.4 is 15.0 Å². The molecule has 23 nitrogen and oxygen atoms in total. The zero-order valence-corrected chi connectivity index (χ0v) is 42.2. The molecular weight excluding hydrogens is 947 g/mol. The number of carbonyl (C=O) groups is 4. The highest BCUT2D eigenvalue weighted by Gasteiger charge is 2.52. The number of imide groups is 1. The molecule has 72 heavy (non-hydrogen) atoms. The summed E-state index contributed by atoms with van der Waals surface area (Å²) in [6.45, 7) is 13.7. The number of benzene rings is 1. The maximum atomic E-state index is 13.6. The molecule has 23 heteroatoms. The van der Waals surface area contributed by atoms with Crippen molar-refractivity contribution in [3.8, 4) is 5.75 Å². The van der Waals surface area contributed by atoms with Crippen LogP contribution in [-0.2, 0) is 77.8 Å². The first-order valence-electron chi connectivity index (χ1n) is 24.7. The first-order chi connectivity index (χ1) is 35.2. The Morgan fingerprint density at radius 2 is 1.01 bits per heavy atom. The number of ether oxygens (including phenoxy) is 13. The number of likely N-dealkylation sites (tertiary alicyclic amines) is 1. The number of carboxylic acid groups (broad SMARTS) is 1. The number of hydrogen-bond donors (Lipinski definition) is 2. The average molecular weight is 1020 g/mol. The van der Waals surface area contributed by atoms with E-state index in [0.29, 0.717) is 202 Å². The smallest absolute Gasteiger partial charge is 0.305 e. The van der Waals surface area contributed by atoms with Gasteiger partial charge in [0.2, 0.25) is 17.8 Å². The molecule has 2 aliphatic heterocycles. The Kier molecular flexibility index (Phi) is 31.1. The van der Waals surface area contributed by atoms with Gasteiger partial charge in [0, 0.05) is 38.4 Å². The zero-order chi connectivity index (χ0) is 51.3. The van der Waals surface area contributed by atoms with Gasteiger partial charge in [-0.15, -0.1) is 0 Å². The van der Waals surface area contributed by atoms with Crippen molar-refractivity contribution in [3.63, 3.8) is 0 Å². The van der Waals surface area contributed by atoms with Crippen molar-refractivity contribution >= 4 is 29.6 Å². The Balaban J connectivity index is 0.836. The second kappa shape index (κ2) is 37.3. The molecule has 0 unspecified atom stereocenters. The van der Waals surface area contributed by atoms with Crippen molar-refractivity contribution in [3.05, 3.63) is 47.3 Å². The van der Waals surface area contributed by atoms with E-state index in [1.54, 1.807) is 7.11 Å². The number of nitrogens with one attached hydrogen (secondary N) is 1. The predicted molar refractivity (Wildman–Crippen MR) is 258 cm³/mol. The third-order valence-electron chi connectivity index (χ3n) is 11.4. The number of carbonyl (C=O) groups excluding carboxylic acids is 3. The van der Waals surface area contributed by atoms with Gasteiger partial charge in [0.25, 0.3) is 5.91 Å². The first-order valence-corrected chi connectivity index (χ1v) is 24.7. The minimum absolute atomic E-state index is 0.0134. The van der Waals surface area contributed by atoms with Crippen LogP contribution in [-0.4, -0.2) is 229 Å². The fourth-order valence-electron chi connectivity index (χ4n) is 7.28. The minimum Gasteiger partial charge on any atom is -0.497 e. The molecule has 0 atom stereocenters. The van der Waals surface area contributed by atoms with E-state index in [0.717, 1.165) is 11.1 Å². The highest BCUT2D eigenvalue weighted by atomic mass is 16.6. The molecule has 3 heterocycles. The minimum atomic E-state index is -0.883. The predicted octanol–water partition coefficient (Wildman–Crippen LogP) is 1.74. The molecule has 2 aliphatic rings. The van der Waals surface area contributed by atoms with Gasteiger partial charge in [-0.25, -0.2) is 9.97 Å². The van der Waals surface area contributed by atoms with Crippen LogP contribution in [0.3, 0.4) is 0 Å². The van der Waals surface area contributed by atoms with E-state index >= 15 is 0 Å². The molecule has 0 saturated carbocycles. The number of hydrogen-bond acceptors (Lipinski definition) is 20. The lowest BCUT2D eigenvalue weighted by Crippen LogP contribution is -2.45. The van der Waals surface area contributed by atoms with Gasteiger partial charge in [0.1, 0.15) is 5.75 Å². The van der Waals surface area contributed by atoms with Crippen LogP contribution in [0.1, 0.15) is 47.2 Å². The number of aliphatic carboxylic acids is 1. The average Bonchev–Trinajstić information content (AvgIpc) is 3.60. The molecule has 4 rings (SSSR count). The van der Waals surface area contributed by atoms with E-state index in [9.17, 15) is 19.2 Å². The molecule has 0 aliphatic carbocycles. The van der Waals surface area contributed by atoms with Crippen molar-refractivity contribution in [2.24, 2.45) is 5.41 Å². The third kappa shape index (κ3) is 24.5. The van der Waals surface area contributed by atoms with Gasteiger partial charge < -0.3 is 76.9 Å². The quantitative estimate of drug-likeness (QED) is 0.0708. The summed E-state index contributed by atoms with van der Waals surface area (Å²) in [6, 6.07) is 5.66. The van der Waals surface area contributed by atoms with Crippen LogP contribution in [0.4, 0.5) is 5.95 Å². The normalized spacial score (nSPS) is 14.5. The summed E-state index contributed by atoms with van der Waals surface area (Å²) in [5.74, 6) is -0.319. The molecule has 1 aromatic carbocycles. The van der Waals surface area contributed by atoms with E-state index in [-0.39, 0.29) is 43.7 Å². The molecule has 0 bridgehead atoms. The van der Waals surface area contributed by atoms with Crippen LogP contribution in [0.5, 0.6) is 5.75 Å². The number of piperidine rings is 1.